The van der Waals surface area contributed by atoms with E-state index in [4.69, 9.17) is 11.6 Å². The highest BCUT2D eigenvalue weighted by molar-refractivity contribution is 7.90. The molecule has 0 atom stereocenters. The quantitative estimate of drug-likeness (QED) is 0.693. The van der Waals surface area contributed by atoms with E-state index in [1.54, 1.807) is 12.1 Å². The Morgan fingerprint density at radius 3 is 2.19 bits per heavy atom. The molecule has 110 valence electrons. The summed E-state index contributed by atoms with van der Waals surface area (Å²) < 4.78 is 35.4. The Hall–Kier alpha value is -1.92. The number of halogens is 2. The fourth-order valence-electron chi connectivity index (χ4n) is 1.54. The Labute approximate surface area is 127 Å². The van der Waals surface area contributed by atoms with Crippen LogP contribution in [-0.4, -0.2) is 19.8 Å². The van der Waals surface area contributed by atoms with Gasteiger partial charge in [0.15, 0.2) is 15.0 Å². The van der Waals surface area contributed by atoms with Gasteiger partial charge in [-0.3, -0.25) is 5.43 Å². The highest BCUT2D eigenvalue weighted by atomic mass is 35.5. The Bertz CT molecular complexity index is 757. The van der Waals surface area contributed by atoms with E-state index in [1.165, 1.54) is 36.4 Å². The fraction of sp³-hybridized carbons (Fsp3) is 0.0714. The zero-order chi connectivity index (χ0) is 15.5. The summed E-state index contributed by atoms with van der Waals surface area (Å²) in [7, 11) is -3.22. The second-order valence-corrected chi connectivity index (χ2v) is 6.69. The molecule has 7 heteroatoms. The van der Waals surface area contributed by atoms with Crippen molar-refractivity contribution in [1.29, 1.82) is 0 Å². The van der Waals surface area contributed by atoms with E-state index in [2.05, 4.69) is 10.5 Å². The fourth-order valence-corrected chi connectivity index (χ4v) is 2.34. The molecule has 4 nitrogen and oxygen atoms in total. The summed E-state index contributed by atoms with van der Waals surface area (Å²) in [5, 5.41) is 4.12. The molecule has 2 rings (SSSR count). The van der Waals surface area contributed by atoms with Gasteiger partial charge < -0.3 is 0 Å². The monoisotopic (exact) mass is 326 g/mol. The highest BCUT2D eigenvalue weighted by Crippen LogP contribution is 2.14. The Kier molecular flexibility index (Phi) is 4.59. The summed E-state index contributed by atoms with van der Waals surface area (Å²) in [5.74, 6) is -0.354. The molecule has 0 unspecified atom stereocenters. The maximum Gasteiger partial charge on any atom is 0.175 e. The SMILES string of the molecule is CS(=O)(=O)c1ccc(N/N=C(\Cl)c2ccc(F)cc2)cc1. The highest BCUT2D eigenvalue weighted by Gasteiger charge is 2.06. The summed E-state index contributed by atoms with van der Waals surface area (Å²) >= 11 is 5.98. The predicted molar refractivity (Wildman–Crippen MR) is 82.0 cm³/mol. The summed E-state index contributed by atoms with van der Waals surface area (Å²) in [6.45, 7) is 0. The lowest BCUT2D eigenvalue weighted by molar-refractivity contribution is 0.602. The molecule has 0 radical (unpaired) electrons. The predicted octanol–water partition coefficient (Wildman–Crippen LogP) is 3.24. The number of anilines is 1. The Morgan fingerprint density at radius 1 is 1.10 bits per heavy atom. The second-order valence-electron chi connectivity index (χ2n) is 4.32. The number of hydrogen-bond acceptors (Lipinski definition) is 4. The number of rotatable bonds is 4. The van der Waals surface area contributed by atoms with E-state index < -0.39 is 9.84 Å². The van der Waals surface area contributed by atoms with E-state index in [0.717, 1.165) is 6.26 Å². The summed E-state index contributed by atoms with van der Waals surface area (Å²) in [5.41, 5.74) is 3.86. The van der Waals surface area contributed by atoms with Crippen molar-refractivity contribution in [3.8, 4) is 0 Å². The molecule has 0 saturated carbocycles. The van der Waals surface area contributed by atoms with Crippen molar-refractivity contribution in [2.45, 2.75) is 4.90 Å². The van der Waals surface area contributed by atoms with E-state index in [-0.39, 0.29) is 15.9 Å². The van der Waals surface area contributed by atoms with E-state index in [0.29, 0.717) is 11.3 Å². The third-order valence-electron chi connectivity index (χ3n) is 2.65. The number of benzene rings is 2. The van der Waals surface area contributed by atoms with Crippen molar-refractivity contribution in [1.82, 2.24) is 0 Å². The van der Waals surface area contributed by atoms with Gasteiger partial charge in [0, 0.05) is 11.8 Å². The van der Waals surface area contributed by atoms with Gasteiger partial charge in [-0.05, 0) is 48.5 Å². The van der Waals surface area contributed by atoms with E-state index in [9.17, 15) is 12.8 Å². The van der Waals surface area contributed by atoms with Crippen LogP contribution in [-0.2, 0) is 9.84 Å². The average Bonchev–Trinajstić information content (AvgIpc) is 2.45. The first kappa shape index (κ1) is 15.5. The number of nitrogens with one attached hydrogen (secondary N) is 1. The molecular weight excluding hydrogens is 315 g/mol. The van der Waals surface area contributed by atoms with Gasteiger partial charge in [-0.2, -0.15) is 5.10 Å². The maximum atomic E-state index is 12.8. The van der Waals surface area contributed by atoms with Crippen molar-refractivity contribution in [3.05, 3.63) is 59.9 Å². The number of hydrazone groups is 1. The molecule has 0 amide bonds. The lowest BCUT2D eigenvalue weighted by Gasteiger charge is -2.03. The molecular formula is C14H12ClFN2O2S. The van der Waals surface area contributed by atoms with Crippen LogP contribution >= 0.6 is 11.6 Å². The van der Waals surface area contributed by atoms with Crippen LogP contribution in [0.5, 0.6) is 0 Å². The molecule has 0 aliphatic carbocycles. The molecule has 0 aliphatic heterocycles. The minimum Gasteiger partial charge on any atom is -0.277 e. The van der Waals surface area contributed by atoms with Gasteiger partial charge in [-0.1, -0.05) is 11.6 Å². The first-order chi connectivity index (χ1) is 9.86. The van der Waals surface area contributed by atoms with Crippen LogP contribution in [0.4, 0.5) is 10.1 Å². The maximum absolute atomic E-state index is 12.8. The molecule has 0 fully saturated rings. The zero-order valence-electron chi connectivity index (χ0n) is 11.0. The van der Waals surface area contributed by atoms with Crippen LogP contribution in [0.1, 0.15) is 5.56 Å². The van der Waals surface area contributed by atoms with Crippen LogP contribution in [0.15, 0.2) is 58.5 Å². The third-order valence-corrected chi connectivity index (χ3v) is 4.08. The van der Waals surface area contributed by atoms with Crippen molar-refractivity contribution >= 4 is 32.3 Å². The Balaban J connectivity index is 2.11. The van der Waals surface area contributed by atoms with Crippen LogP contribution in [0.2, 0.25) is 0 Å². The summed E-state index contributed by atoms with van der Waals surface area (Å²) in [4.78, 5) is 0.224. The molecule has 0 saturated heterocycles. The molecule has 0 heterocycles. The smallest absolute Gasteiger partial charge is 0.175 e. The molecule has 2 aromatic carbocycles. The molecule has 2 aromatic rings. The van der Waals surface area contributed by atoms with Crippen LogP contribution < -0.4 is 5.43 Å². The first-order valence-electron chi connectivity index (χ1n) is 5.91. The molecule has 0 aliphatic rings. The topological polar surface area (TPSA) is 58.5 Å². The van der Waals surface area contributed by atoms with Gasteiger partial charge in [0.2, 0.25) is 0 Å². The van der Waals surface area contributed by atoms with Crippen LogP contribution in [0, 0.1) is 5.82 Å². The van der Waals surface area contributed by atoms with Gasteiger partial charge in [0.25, 0.3) is 0 Å². The van der Waals surface area contributed by atoms with Crippen molar-refractivity contribution in [2.24, 2.45) is 5.10 Å². The number of sulfone groups is 1. The van der Waals surface area contributed by atoms with Crippen molar-refractivity contribution in [2.75, 3.05) is 11.7 Å². The first-order valence-corrected chi connectivity index (χ1v) is 8.18. The molecule has 1 N–H and O–H groups in total. The summed E-state index contributed by atoms with van der Waals surface area (Å²) in [6.07, 6.45) is 1.14. The molecule has 0 aromatic heterocycles. The van der Waals surface area contributed by atoms with Crippen LogP contribution in [0.25, 0.3) is 0 Å². The van der Waals surface area contributed by atoms with Crippen molar-refractivity contribution < 1.29 is 12.8 Å². The largest absolute Gasteiger partial charge is 0.277 e. The van der Waals surface area contributed by atoms with Gasteiger partial charge in [0.05, 0.1) is 10.6 Å². The van der Waals surface area contributed by atoms with E-state index >= 15 is 0 Å². The van der Waals surface area contributed by atoms with Gasteiger partial charge in [-0.15, -0.1) is 0 Å². The third kappa shape index (κ3) is 4.27. The zero-order valence-corrected chi connectivity index (χ0v) is 12.6. The van der Waals surface area contributed by atoms with Gasteiger partial charge in [-0.25, -0.2) is 12.8 Å². The average molecular weight is 327 g/mol. The molecule has 0 bridgehead atoms. The Morgan fingerprint density at radius 2 is 1.67 bits per heavy atom. The molecule has 0 spiro atoms. The van der Waals surface area contributed by atoms with E-state index in [1.807, 2.05) is 0 Å². The standard InChI is InChI=1S/C14H12ClFN2O2S/c1-21(19,20)13-8-6-12(7-9-13)17-18-14(15)10-2-4-11(16)5-3-10/h2-9,17H,1H3/b18-14-. The minimum absolute atomic E-state index is 0.169. The molecule has 21 heavy (non-hydrogen) atoms. The summed E-state index contributed by atoms with van der Waals surface area (Å²) in [6, 6.07) is 11.7. The number of hydrogen-bond donors (Lipinski definition) is 1. The van der Waals surface area contributed by atoms with Crippen LogP contribution in [0.3, 0.4) is 0 Å². The minimum atomic E-state index is -3.22. The van der Waals surface area contributed by atoms with Crippen molar-refractivity contribution in [3.63, 3.8) is 0 Å². The van der Waals surface area contributed by atoms with Gasteiger partial charge >= 0.3 is 0 Å². The van der Waals surface area contributed by atoms with Gasteiger partial charge in [0.1, 0.15) is 5.82 Å². The second kappa shape index (κ2) is 6.24. The lowest BCUT2D eigenvalue weighted by Crippen LogP contribution is -1.99. The number of nitrogens with zero attached hydrogens (tertiary/aromatic N) is 1. The lowest BCUT2D eigenvalue weighted by atomic mass is 10.2. The normalized spacial score (nSPS) is 12.2.